The molecule has 190 valence electrons. The van der Waals surface area contributed by atoms with Gasteiger partial charge in [-0.25, -0.2) is 4.98 Å². The van der Waals surface area contributed by atoms with Gasteiger partial charge in [0.05, 0.1) is 17.7 Å². The van der Waals surface area contributed by atoms with Crippen molar-refractivity contribution in [3.63, 3.8) is 0 Å². The zero-order chi connectivity index (χ0) is 26.7. The third-order valence-electron chi connectivity index (χ3n) is 5.79. The van der Waals surface area contributed by atoms with Crippen LogP contribution >= 0.6 is 0 Å². The summed E-state index contributed by atoms with van der Waals surface area (Å²) in [5.41, 5.74) is 2.96. The van der Waals surface area contributed by atoms with Gasteiger partial charge in [0.2, 0.25) is 5.78 Å². The van der Waals surface area contributed by atoms with Crippen molar-refractivity contribution in [3.8, 4) is 11.8 Å². The molecule has 0 unspecified atom stereocenters. The minimum absolute atomic E-state index is 0.160. The number of amides is 2. The Morgan fingerprint density at radius 3 is 2.32 bits per heavy atom. The predicted molar refractivity (Wildman–Crippen MR) is 145 cm³/mol. The van der Waals surface area contributed by atoms with E-state index in [0.29, 0.717) is 22.2 Å². The second kappa shape index (κ2) is 12.9. The van der Waals surface area contributed by atoms with E-state index in [1.54, 1.807) is 18.2 Å². The van der Waals surface area contributed by atoms with Gasteiger partial charge in [-0.2, -0.15) is 0 Å². The van der Waals surface area contributed by atoms with Crippen LogP contribution in [0.3, 0.4) is 0 Å². The molecule has 0 saturated carbocycles. The number of nitrogens with one attached hydrogen (secondary N) is 2. The smallest absolute Gasteiger partial charge is 0.289 e. The van der Waals surface area contributed by atoms with Crippen LogP contribution in [0.4, 0.5) is 0 Å². The summed E-state index contributed by atoms with van der Waals surface area (Å²) in [5.74, 6) is 4.08. The van der Waals surface area contributed by atoms with E-state index in [4.69, 9.17) is 4.74 Å². The molecule has 3 aromatic carbocycles. The highest BCUT2D eigenvalue weighted by atomic mass is 16.5. The van der Waals surface area contributed by atoms with Gasteiger partial charge in [0.25, 0.3) is 11.8 Å². The average molecular weight is 506 g/mol. The first-order valence-corrected chi connectivity index (χ1v) is 12.2. The summed E-state index contributed by atoms with van der Waals surface area (Å²) in [7, 11) is 1.50. The molecule has 4 aromatic rings. The molecule has 0 radical (unpaired) electrons. The third kappa shape index (κ3) is 6.90. The van der Waals surface area contributed by atoms with E-state index in [-0.39, 0.29) is 19.6 Å². The lowest BCUT2D eigenvalue weighted by molar-refractivity contribution is -0.139. The molecule has 0 saturated heterocycles. The molecule has 2 amide bonds. The van der Waals surface area contributed by atoms with Crippen LogP contribution in [0, 0.1) is 11.8 Å². The highest BCUT2D eigenvalue weighted by molar-refractivity contribution is 6.38. The summed E-state index contributed by atoms with van der Waals surface area (Å²) >= 11 is 0. The van der Waals surface area contributed by atoms with Gasteiger partial charge in [-0.1, -0.05) is 72.7 Å². The van der Waals surface area contributed by atoms with Crippen molar-refractivity contribution >= 4 is 28.5 Å². The van der Waals surface area contributed by atoms with Gasteiger partial charge in [-0.05, 0) is 35.7 Å². The summed E-state index contributed by atoms with van der Waals surface area (Å²) in [6, 6.07) is 26.5. The number of ketones is 1. The number of rotatable bonds is 9. The van der Waals surface area contributed by atoms with Gasteiger partial charge in [-0.3, -0.25) is 14.4 Å². The van der Waals surface area contributed by atoms with Crippen molar-refractivity contribution < 1.29 is 19.1 Å². The van der Waals surface area contributed by atoms with E-state index >= 15 is 0 Å². The van der Waals surface area contributed by atoms with Crippen molar-refractivity contribution in [2.45, 2.75) is 12.5 Å². The summed E-state index contributed by atoms with van der Waals surface area (Å²) in [4.78, 5) is 43.8. The Labute approximate surface area is 221 Å². The van der Waals surface area contributed by atoms with E-state index in [2.05, 4.69) is 27.5 Å². The minimum Gasteiger partial charge on any atom is -0.383 e. The standard InChI is InChI=1S/C31H27N3O4/c1-38-19-18-32-31(37)29(35)28(20-23-12-6-3-7-13-23)34-30(36)26-21-24(17-16-22-10-4-2-5-11-22)33-27-15-9-8-14-25(26)27/h2-15,21,28H,18-20H2,1H3,(H,32,37)(H,34,36)/t28-/m0/s1. The van der Waals surface area contributed by atoms with Crippen molar-refractivity contribution in [2.24, 2.45) is 0 Å². The third-order valence-corrected chi connectivity index (χ3v) is 5.79. The fourth-order valence-electron chi connectivity index (χ4n) is 3.89. The van der Waals surface area contributed by atoms with E-state index in [1.165, 1.54) is 7.11 Å². The molecule has 0 spiro atoms. The van der Waals surface area contributed by atoms with Crippen molar-refractivity contribution in [1.82, 2.24) is 15.6 Å². The fraction of sp³-hybridized carbons (Fsp3) is 0.161. The zero-order valence-electron chi connectivity index (χ0n) is 20.9. The summed E-state index contributed by atoms with van der Waals surface area (Å²) in [5, 5.41) is 5.95. The predicted octanol–water partition coefficient (Wildman–Crippen LogP) is 3.31. The molecule has 1 aromatic heterocycles. The first kappa shape index (κ1) is 26.3. The number of fused-ring (bicyclic) bond motifs is 1. The second-order valence-corrected chi connectivity index (χ2v) is 8.52. The Balaban J connectivity index is 1.65. The average Bonchev–Trinajstić information content (AvgIpc) is 2.96. The van der Waals surface area contributed by atoms with Crippen molar-refractivity contribution in [1.29, 1.82) is 0 Å². The number of methoxy groups -OCH3 is 1. The van der Waals surface area contributed by atoms with Gasteiger partial charge < -0.3 is 15.4 Å². The van der Waals surface area contributed by atoms with Gasteiger partial charge in [0.15, 0.2) is 0 Å². The lowest BCUT2D eigenvalue weighted by atomic mass is 10.0. The molecule has 0 aliphatic rings. The van der Waals surface area contributed by atoms with Crippen LogP contribution in [0.1, 0.15) is 27.2 Å². The van der Waals surface area contributed by atoms with Gasteiger partial charge in [0, 0.05) is 31.0 Å². The summed E-state index contributed by atoms with van der Waals surface area (Å²) in [6.45, 7) is 0.454. The van der Waals surface area contributed by atoms with Gasteiger partial charge in [-0.15, -0.1) is 0 Å². The number of Topliss-reactive ketones (excluding diaryl/α,β-unsaturated/α-hetero) is 1. The summed E-state index contributed by atoms with van der Waals surface area (Å²) in [6.07, 6.45) is 0.160. The maximum absolute atomic E-state index is 13.6. The molecule has 38 heavy (non-hydrogen) atoms. The molecule has 0 aliphatic carbocycles. The number of hydrogen-bond donors (Lipinski definition) is 2. The first-order valence-electron chi connectivity index (χ1n) is 12.2. The zero-order valence-corrected chi connectivity index (χ0v) is 20.9. The molecular formula is C31H27N3O4. The first-order chi connectivity index (χ1) is 18.5. The van der Waals surface area contributed by atoms with Crippen LogP contribution in [0.2, 0.25) is 0 Å². The van der Waals surface area contributed by atoms with Crippen LogP contribution in [0.25, 0.3) is 10.9 Å². The molecule has 2 N–H and O–H groups in total. The maximum atomic E-state index is 13.6. The van der Waals surface area contributed by atoms with Gasteiger partial charge in [0.1, 0.15) is 11.7 Å². The largest absolute Gasteiger partial charge is 0.383 e. The molecule has 0 bridgehead atoms. The normalized spacial score (nSPS) is 11.2. The summed E-state index contributed by atoms with van der Waals surface area (Å²) < 4.78 is 4.94. The number of aromatic nitrogens is 1. The minimum atomic E-state index is -1.07. The number of para-hydroxylation sites is 1. The topological polar surface area (TPSA) is 97.4 Å². The molecule has 7 heteroatoms. The van der Waals surface area contributed by atoms with E-state index in [0.717, 1.165) is 11.1 Å². The molecule has 0 aliphatic heterocycles. The number of carbonyl (C=O) groups excluding carboxylic acids is 3. The Bertz CT molecular complexity index is 1490. The molecule has 1 heterocycles. The Kier molecular flexibility index (Phi) is 8.95. The Hall–Kier alpha value is -4.80. The molecule has 7 nitrogen and oxygen atoms in total. The lowest BCUT2D eigenvalue weighted by Crippen LogP contribution is -2.49. The number of ether oxygens (including phenoxy) is 1. The van der Waals surface area contributed by atoms with Crippen LogP contribution in [0.15, 0.2) is 91.0 Å². The molecule has 1 atom stereocenters. The van der Waals surface area contributed by atoms with E-state index < -0.39 is 23.6 Å². The van der Waals surface area contributed by atoms with Gasteiger partial charge >= 0.3 is 0 Å². The van der Waals surface area contributed by atoms with E-state index in [1.807, 2.05) is 72.8 Å². The number of benzene rings is 3. The second-order valence-electron chi connectivity index (χ2n) is 8.52. The fourth-order valence-corrected chi connectivity index (χ4v) is 3.89. The number of hydrogen-bond acceptors (Lipinski definition) is 5. The monoisotopic (exact) mass is 505 g/mol. The lowest BCUT2D eigenvalue weighted by Gasteiger charge is -2.18. The highest BCUT2D eigenvalue weighted by Gasteiger charge is 2.28. The quantitative estimate of drug-likeness (QED) is 0.207. The number of carbonyl (C=O) groups is 3. The maximum Gasteiger partial charge on any atom is 0.289 e. The van der Waals surface area contributed by atoms with Crippen LogP contribution in [-0.4, -0.2) is 48.9 Å². The Morgan fingerprint density at radius 2 is 1.58 bits per heavy atom. The Morgan fingerprint density at radius 1 is 0.895 bits per heavy atom. The van der Waals surface area contributed by atoms with Crippen molar-refractivity contribution in [3.05, 3.63) is 113 Å². The van der Waals surface area contributed by atoms with Crippen molar-refractivity contribution in [2.75, 3.05) is 20.3 Å². The number of nitrogens with zero attached hydrogens (tertiary/aromatic N) is 1. The highest BCUT2D eigenvalue weighted by Crippen LogP contribution is 2.19. The van der Waals surface area contributed by atoms with E-state index in [9.17, 15) is 14.4 Å². The molecule has 4 rings (SSSR count). The number of pyridine rings is 1. The van der Waals surface area contributed by atoms with Crippen LogP contribution < -0.4 is 10.6 Å². The SMILES string of the molecule is COCCNC(=O)C(=O)[C@H](Cc1ccccc1)NC(=O)c1cc(C#Cc2ccccc2)nc2ccccc12. The van der Waals surface area contributed by atoms with Crippen LogP contribution in [0.5, 0.6) is 0 Å². The van der Waals surface area contributed by atoms with Crippen LogP contribution in [-0.2, 0) is 20.7 Å². The molecular weight excluding hydrogens is 478 g/mol. The molecule has 0 fully saturated rings.